The van der Waals surface area contributed by atoms with Crippen molar-refractivity contribution in [3.8, 4) is 5.75 Å². The highest BCUT2D eigenvalue weighted by molar-refractivity contribution is 5.55. The number of phenolic OH excluding ortho intramolecular Hbond substituents is 1. The van der Waals surface area contributed by atoms with Crippen LogP contribution in [0.15, 0.2) is 18.2 Å². The Labute approximate surface area is 122 Å². The fourth-order valence-corrected chi connectivity index (χ4v) is 2.82. The van der Waals surface area contributed by atoms with E-state index in [1.165, 1.54) is 33.4 Å². The van der Waals surface area contributed by atoms with Gasteiger partial charge in [0.05, 0.1) is 0 Å². The van der Waals surface area contributed by atoms with Crippen molar-refractivity contribution in [3.05, 3.63) is 62.7 Å². The van der Waals surface area contributed by atoms with Crippen LogP contribution in [0, 0.1) is 41.5 Å². The molecule has 0 aromatic heterocycles. The minimum absolute atomic E-state index is 0.463. The van der Waals surface area contributed by atoms with E-state index >= 15 is 0 Å². The first-order chi connectivity index (χ1) is 9.32. The summed E-state index contributed by atoms with van der Waals surface area (Å²) in [7, 11) is 0. The SMILES string of the molecule is Cc1ccc(Cc2c(C)c(C)c(C)c(C)c2O)c(C)c1. The smallest absolute Gasteiger partial charge is 0.122 e. The minimum atomic E-state index is 0.463. The summed E-state index contributed by atoms with van der Waals surface area (Å²) in [6.45, 7) is 12.6. The van der Waals surface area contributed by atoms with Crippen molar-refractivity contribution in [2.75, 3.05) is 0 Å². The van der Waals surface area contributed by atoms with E-state index in [9.17, 15) is 5.11 Å². The summed E-state index contributed by atoms with van der Waals surface area (Å²) in [6.07, 6.45) is 0.797. The molecule has 2 aromatic carbocycles. The normalized spacial score (nSPS) is 10.9. The van der Waals surface area contributed by atoms with Gasteiger partial charge in [0.1, 0.15) is 5.75 Å². The van der Waals surface area contributed by atoms with Crippen LogP contribution in [0.2, 0.25) is 0 Å². The molecule has 0 saturated carbocycles. The van der Waals surface area contributed by atoms with Gasteiger partial charge >= 0.3 is 0 Å². The first-order valence-corrected chi connectivity index (χ1v) is 7.17. The standard InChI is InChI=1S/C19H24O/c1-11-7-8-17(12(2)9-11)10-18-15(5)13(3)14(4)16(6)19(18)20/h7-9,20H,10H2,1-6H3. The first-order valence-electron chi connectivity index (χ1n) is 7.17. The minimum Gasteiger partial charge on any atom is -0.507 e. The van der Waals surface area contributed by atoms with Gasteiger partial charge in [0.15, 0.2) is 0 Å². The molecule has 0 saturated heterocycles. The van der Waals surface area contributed by atoms with E-state index in [4.69, 9.17) is 0 Å². The second-order valence-corrected chi connectivity index (χ2v) is 5.93. The Hall–Kier alpha value is -1.76. The maximum absolute atomic E-state index is 10.5. The van der Waals surface area contributed by atoms with Crippen LogP contribution in [0.4, 0.5) is 0 Å². The zero-order valence-electron chi connectivity index (χ0n) is 13.4. The fourth-order valence-electron chi connectivity index (χ4n) is 2.82. The molecule has 1 heteroatoms. The first kappa shape index (κ1) is 14.6. The number of phenols is 1. The van der Waals surface area contributed by atoms with Crippen molar-refractivity contribution in [2.24, 2.45) is 0 Å². The molecule has 1 nitrogen and oxygen atoms in total. The molecule has 0 radical (unpaired) electrons. The van der Waals surface area contributed by atoms with Gasteiger partial charge in [0.2, 0.25) is 0 Å². The van der Waals surface area contributed by atoms with E-state index in [-0.39, 0.29) is 0 Å². The van der Waals surface area contributed by atoms with Crippen molar-refractivity contribution < 1.29 is 5.11 Å². The number of benzene rings is 2. The largest absolute Gasteiger partial charge is 0.507 e. The van der Waals surface area contributed by atoms with Crippen LogP contribution < -0.4 is 0 Å². The summed E-state index contributed by atoms with van der Waals surface area (Å²) in [6, 6.07) is 6.52. The second-order valence-electron chi connectivity index (χ2n) is 5.93. The molecule has 2 aromatic rings. The van der Waals surface area contributed by atoms with E-state index in [1.54, 1.807) is 0 Å². The van der Waals surface area contributed by atoms with Gasteiger partial charge in [-0.05, 0) is 74.9 Å². The topological polar surface area (TPSA) is 20.2 Å². The van der Waals surface area contributed by atoms with Crippen LogP contribution in [-0.2, 0) is 6.42 Å². The summed E-state index contributed by atoms with van der Waals surface area (Å²) < 4.78 is 0. The molecule has 0 heterocycles. The Balaban J connectivity index is 2.54. The highest BCUT2D eigenvalue weighted by Gasteiger charge is 2.15. The lowest BCUT2D eigenvalue weighted by Gasteiger charge is -2.18. The van der Waals surface area contributed by atoms with Crippen molar-refractivity contribution in [1.29, 1.82) is 0 Å². The molecule has 0 amide bonds. The van der Waals surface area contributed by atoms with Crippen LogP contribution in [0.1, 0.15) is 44.5 Å². The molecule has 0 bridgehead atoms. The Kier molecular flexibility index (Phi) is 3.89. The predicted molar refractivity (Wildman–Crippen MR) is 85.8 cm³/mol. The molecule has 20 heavy (non-hydrogen) atoms. The number of hydrogen-bond donors (Lipinski definition) is 1. The van der Waals surface area contributed by atoms with Crippen LogP contribution >= 0.6 is 0 Å². The summed E-state index contributed by atoms with van der Waals surface area (Å²) in [4.78, 5) is 0. The molecule has 0 aliphatic heterocycles. The second kappa shape index (κ2) is 5.32. The van der Waals surface area contributed by atoms with Gasteiger partial charge in [-0.2, -0.15) is 0 Å². The van der Waals surface area contributed by atoms with Gasteiger partial charge in [-0.15, -0.1) is 0 Å². The Morgan fingerprint density at radius 1 is 0.800 bits per heavy atom. The Morgan fingerprint density at radius 3 is 2.00 bits per heavy atom. The van der Waals surface area contributed by atoms with Crippen molar-refractivity contribution in [1.82, 2.24) is 0 Å². The van der Waals surface area contributed by atoms with E-state index in [0.717, 1.165) is 17.5 Å². The highest BCUT2D eigenvalue weighted by Crippen LogP contribution is 2.33. The van der Waals surface area contributed by atoms with Crippen LogP contribution in [-0.4, -0.2) is 5.11 Å². The fraction of sp³-hybridized carbons (Fsp3) is 0.368. The van der Waals surface area contributed by atoms with Crippen LogP contribution in [0.25, 0.3) is 0 Å². The molecule has 2 rings (SSSR count). The number of hydrogen-bond acceptors (Lipinski definition) is 1. The third-order valence-corrected chi connectivity index (χ3v) is 4.65. The zero-order valence-corrected chi connectivity index (χ0v) is 13.4. The number of aromatic hydroxyl groups is 1. The monoisotopic (exact) mass is 268 g/mol. The zero-order chi connectivity index (χ0) is 15.0. The van der Waals surface area contributed by atoms with Gasteiger partial charge in [-0.3, -0.25) is 0 Å². The summed E-state index contributed by atoms with van der Waals surface area (Å²) in [5.41, 5.74) is 9.64. The van der Waals surface area contributed by atoms with Crippen LogP contribution in [0.3, 0.4) is 0 Å². The van der Waals surface area contributed by atoms with E-state index in [0.29, 0.717) is 5.75 Å². The summed E-state index contributed by atoms with van der Waals surface area (Å²) in [5.74, 6) is 0.463. The lowest BCUT2D eigenvalue weighted by Crippen LogP contribution is -2.01. The maximum atomic E-state index is 10.5. The van der Waals surface area contributed by atoms with Crippen molar-refractivity contribution in [2.45, 2.75) is 48.0 Å². The highest BCUT2D eigenvalue weighted by atomic mass is 16.3. The van der Waals surface area contributed by atoms with E-state index in [2.05, 4.69) is 52.8 Å². The summed E-state index contributed by atoms with van der Waals surface area (Å²) in [5, 5.41) is 10.5. The average molecular weight is 268 g/mol. The van der Waals surface area contributed by atoms with Gasteiger partial charge in [0.25, 0.3) is 0 Å². The van der Waals surface area contributed by atoms with Gasteiger partial charge in [-0.1, -0.05) is 23.8 Å². The van der Waals surface area contributed by atoms with Gasteiger partial charge in [-0.25, -0.2) is 0 Å². The molecular formula is C19H24O. The number of aryl methyl sites for hydroxylation is 2. The molecule has 0 fully saturated rings. The predicted octanol–water partition coefficient (Wildman–Crippen LogP) is 4.83. The molecular weight excluding hydrogens is 244 g/mol. The van der Waals surface area contributed by atoms with Crippen molar-refractivity contribution >= 4 is 0 Å². The quantitative estimate of drug-likeness (QED) is 0.826. The lowest BCUT2D eigenvalue weighted by molar-refractivity contribution is 0.463. The van der Waals surface area contributed by atoms with Crippen LogP contribution in [0.5, 0.6) is 5.75 Å². The molecule has 0 aliphatic rings. The molecule has 0 aliphatic carbocycles. The molecule has 106 valence electrons. The Morgan fingerprint density at radius 2 is 1.40 bits per heavy atom. The number of rotatable bonds is 2. The lowest BCUT2D eigenvalue weighted by atomic mass is 9.89. The molecule has 0 spiro atoms. The van der Waals surface area contributed by atoms with E-state index < -0.39 is 0 Å². The average Bonchev–Trinajstić information content (AvgIpc) is 2.41. The van der Waals surface area contributed by atoms with Gasteiger partial charge in [0, 0.05) is 12.0 Å². The summed E-state index contributed by atoms with van der Waals surface area (Å²) >= 11 is 0. The molecule has 0 atom stereocenters. The van der Waals surface area contributed by atoms with Gasteiger partial charge < -0.3 is 5.11 Å². The molecule has 0 unspecified atom stereocenters. The molecule has 1 N–H and O–H groups in total. The van der Waals surface area contributed by atoms with E-state index in [1.807, 2.05) is 6.92 Å². The third kappa shape index (κ3) is 2.45. The Bertz CT molecular complexity index is 637. The maximum Gasteiger partial charge on any atom is 0.122 e. The third-order valence-electron chi connectivity index (χ3n) is 4.65. The van der Waals surface area contributed by atoms with Crippen molar-refractivity contribution in [3.63, 3.8) is 0 Å².